The molecule has 49 heavy (non-hydrogen) atoms. The largest absolute Gasteiger partial charge is 0.487 e. The Morgan fingerprint density at radius 1 is 0.673 bits per heavy atom. The summed E-state index contributed by atoms with van der Waals surface area (Å²) in [4.78, 5) is 23.8. The second-order valence-corrected chi connectivity index (χ2v) is 12.7. The summed E-state index contributed by atoms with van der Waals surface area (Å²) in [7, 11) is 1.38. The Kier molecular flexibility index (Phi) is 10.3. The van der Waals surface area contributed by atoms with Gasteiger partial charge in [-0.1, -0.05) is 0 Å². The fourth-order valence-corrected chi connectivity index (χ4v) is 6.62. The quantitative estimate of drug-likeness (QED) is 0.259. The molecule has 4 aromatic rings. The summed E-state index contributed by atoms with van der Waals surface area (Å²) >= 11 is 0. The lowest BCUT2D eigenvalue weighted by Gasteiger charge is -2.22. The van der Waals surface area contributed by atoms with Crippen molar-refractivity contribution in [3.8, 4) is 11.5 Å². The number of esters is 1. The van der Waals surface area contributed by atoms with Gasteiger partial charge in [0.15, 0.2) is 0 Å². The van der Waals surface area contributed by atoms with Gasteiger partial charge in [0.1, 0.15) is 34.8 Å². The van der Waals surface area contributed by atoms with Crippen LogP contribution in [0, 0.1) is 0 Å². The fraction of sp³-hybridized carbons (Fsp3) is 0.543. The van der Waals surface area contributed by atoms with Gasteiger partial charge in [-0.3, -0.25) is 9.36 Å². The maximum atomic E-state index is 12.2. The Morgan fingerprint density at radius 2 is 1.12 bits per heavy atom. The number of aromatic carboxylic acids is 1. The zero-order valence-corrected chi connectivity index (χ0v) is 27.6. The van der Waals surface area contributed by atoms with E-state index >= 15 is 0 Å². The molecule has 0 radical (unpaired) electrons. The minimum atomic E-state index is -0.996. The highest BCUT2D eigenvalue weighted by atomic mass is 16.6. The number of aromatic nitrogens is 4. The van der Waals surface area contributed by atoms with Crippen molar-refractivity contribution in [1.82, 2.24) is 19.6 Å². The second-order valence-electron chi connectivity index (χ2n) is 12.7. The van der Waals surface area contributed by atoms with Gasteiger partial charge >= 0.3 is 11.9 Å². The molecule has 4 saturated heterocycles. The van der Waals surface area contributed by atoms with Crippen LogP contribution in [0.4, 0.5) is 0 Å². The third-order valence-corrected chi connectivity index (χ3v) is 9.38. The topological polar surface area (TPSA) is 155 Å². The number of nitrogens with zero attached hydrogens (tertiary/aromatic N) is 4. The summed E-state index contributed by atoms with van der Waals surface area (Å²) in [6, 6.07) is 7.63. The van der Waals surface area contributed by atoms with Gasteiger partial charge in [-0.2, -0.15) is 10.2 Å². The van der Waals surface area contributed by atoms with E-state index in [2.05, 4.69) is 5.10 Å². The Bertz CT molecular complexity index is 1760. The van der Waals surface area contributed by atoms with Crippen LogP contribution in [-0.2, 0) is 23.7 Å². The smallest absolute Gasteiger partial charge is 0.341 e. The first-order valence-corrected chi connectivity index (χ1v) is 17.0. The third kappa shape index (κ3) is 7.67. The number of fused-ring (bicyclic) bond motifs is 2. The van der Waals surface area contributed by atoms with Crippen molar-refractivity contribution < 1.29 is 47.9 Å². The number of methoxy groups -OCH3 is 1. The van der Waals surface area contributed by atoms with Crippen LogP contribution in [0.15, 0.2) is 36.7 Å². The zero-order chi connectivity index (χ0) is 33.7. The van der Waals surface area contributed by atoms with E-state index in [0.29, 0.717) is 55.6 Å². The van der Waals surface area contributed by atoms with E-state index in [1.165, 1.54) is 7.11 Å². The summed E-state index contributed by atoms with van der Waals surface area (Å²) in [5.41, 5.74) is 2.16. The van der Waals surface area contributed by atoms with E-state index in [1.54, 1.807) is 18.2 Å². The summed E-state index contributed by atoms with van der Waals surface area (Å²) in [5.74, 6) is -0.533. The molecule has 2 aromatic heterocycles. The van der Waals surface area contributed by atoms with E-state index in [-0.39, 0.29) is 17.8 Å². The van der Waals surface area contributed by atoms with Crippen LogP contribution in [0.1, 0.15) is 71.3 Å². The molecule has 2 aromatic carbocycles. The van der Waals surface area contributed by atoms with Gasteiger partial charge in [0.05, 0.1) is 56.7 Å². The number of ether oxygens (including phenoxy) is 7. The van der Waals surface area contributed by atoms with Crippen LogP contribution in [-0.4, -0.2) is 109 Å². The van der Waals surface area contributed by atoms with Crippen molar-refractivity contribution in [3.63, 3.8) is 0 Å². The van der Waals surface area contributed by atoms with Crippen LogP contribution in [0.2, 0.25) is 0 Å². The second kappa shape index (κ2) is 15.1. The van der Waals surface area contributed by atoms with E-state index in [1.807, 2.05) is 27.8 Å². The number of carboxylic acid groups (broad SMARTS) is 1. The van der Waals surface area contributed by atoms with E-state index in [9.17, 15) is 14.7 Å². The molecule has 0 spiro atoms. The number of carboxylic acids is 1. The number of carbonyl (C=O) groups excluding carboxylic acids is 1. The molecule has 0 bridgehead atoms. The molecule has 4 aliphatic rings. The highest BCUT2D eigenvalue weighted by Crippen LogP contribution is 2.32. The minimum absolute atomic E-state index is 0.0431. The Hall–Kier alpha value is -4.24. The molecule has 8 rings (SSSR count). The lowest BCUT2D eigenvalue weighted by molar-refractivity contribution is 0.0590. The van der Waals surface area contributed by atoms with Gasteiger partial charge in [-0.05, 0) is 37.8 Å². The van der Waals surface area contributed by atoms with Gasteiger partial charge in [0, 0.05) is 74.6 Å². The predicted octanol–water partition coefficient (Wildman–Crippen LogP) is 4.60. The molecule has 6 heterocycles. The van der Waals surface area contributed by atoms with Gasteiger partial charge in [0.2, 0.25) is 0 Å². The van der Waals surface area contributed by atoms with Crippen molar-refractivity contribution in [2.24, 2.45) is 0 Å². The SMILES string of the molecule is COC(=O)c1cc2cn(C3CCOCC3)nc2cc1OC1CCOC1.O=C(O)c1cc2cn(C3CCOCC3)nc2cc1OC1CCOC1. The number of benzene rings is 2. The molecule has 0 aliphatic carbocycles. The van der Waals surface area contributed by atoms with Crippen molar-refractivity contribution in [2.45, 2.75) is 62.8 Å². The summed E-state index contributed by atoms with van der Waals surface area (Å²) in [5, 5.41) is 20.5. The Balaban J connectivity index is 0.000000154. The molecule has 0 amide bonds. The molecular formula is C35H42N4O10. The van der Waals surface area contributed by atoms with E-state index < -0.39 is 11.9 Å². The lowest BCUT2D eigenvalue weighted by Crippen LogP contribution is -2.19. The van der Waals surface area contributed by atoms with Gasteiger partial charge in [-0.15, -0.1) is 0 Å². The summed E-state index contributed by atoms with van der Waals surface area (Å²) in [6.45, 7) is 5.33. The highest BCUT2D eigenvalue weighted by molar-refractivity contribution is 5.98. The summed E-state index contributed by atoms with van der Waals surface area (Å²) < 4.78 is 42.1. The molecule has 1 N–H and O–H groups in total. The fourth-order valence-electron chi connectivity index (χ4n) is 6.62. The molecule has 4 aliphatic heterocycles. The number of hydrogen-bond acceptors (Lipinski definition) is 11. The minimum Gasteiger partial charge on any atom is -0.487 e. The first-order chi connectivity index (χ1) is 23.9. The summed E-state index contributed by atoms with van der Waals surface area (Å²) in [6.07, 6.45) is 9.08. The van der Waals surface area contributed by atoms with Crippen LogP contribution < -0.4 is 9.47 Å². The van der Waals surface area contributed by atoms with Crippen LogP contribution >= 0.6 is 0 Å². The first kappa shape index (κ1) is 33.3. The molecule has 2 atom stereocenters. The monoisotopic (exact) mass is 678 g/mol. The molecule has 4 fully saturated rings. The van der Waals surface area contributed by atoms with Gasteiger partial charge in [-0.25, -0.2) is 9.59 Å². The average Bonchev–Trinajstić information content (AvgIpc) is 3.96. The van der Waals surface area contributed by atoms with Gasteiger partial charge in [0.25, 0.3) is 0 Å². The lowest BCUT2D eigenvalue weighted by atomic mass is 10.1. The maximum Gasteiger partial charge on any atom is 0.341 e. The van der Waals surface area contributed by atoms with Crippen LogP contribution in [0.3, 0.4) is 0 Å². The molecule has 262 valence electrons. The molecule has 0 saturated carbocycles. The Labute approximate surface area is 283 Å². The van der Waals surface area contributed by atoms with E-state index in [4.69, 9.17) is 38.3 Å². The predicted molar refractivity (Wildman–Crippen MR) is 176 cm³/mol. The standard InChI is InChI=1S/C18H22N2O5.C17H20N2O5/c1-22-18(21)15-8-12-10-20(13-2-5-23-6-3-13)19-16(12)9-17(15)25-14-4-7-24-11-14;20-17(21)14-7-11-9-19(12-1-4-22-5-2-12)18-15(11)8-16(14)24-13-3-6-23-10-13/h8-10,13-14H,2-7,11H2,1H3;7-9,12-13H,1-6,10H2,(H,20,21). The number of rotatable bonds is 8. The van der Waals surface area contributed by atoms with Crippen molar-refractivity contribution in [3.05, 3.63) is 47.8 Å². The van der Waals surface area contributed by atoms with Gasteiger partial charge < -0.3 is 38.3 Å². The first-order valence-electron chi connectivity index (χ1n) is 17.0. The molecule has 14 heteroatoms. The highest BCUT2D eigenvalue weighted by Gasteiger charge is 2.25. The van der Waals surface area contributed by atoms with Crippen molar-refractivity contribution >= 4 is 33.7 Å². The number of carbonyl (C=O) groups is 2. The molecule has 14 nitrogen and oxygen atoms in total. The average molecular weight is 679 g/mol. The molecular weight excluding hydrogens is 636 g/mol. The van der Waals surface area contributed by atoms with Crippen molar-refractivity contribution in [1.29, 1.82) is 0 Å². The third-order valence-electron chi connectivity index (χ3n) is 9.38. The van der Waals surface area contributed by atoms with Crippen LogP contribution in [0.5, 0.6) is 11.5 Å². The van der Waals surface area contributed by atoms with E-state index in [0.717, 1.165) is 86.8 Å². The molecule has 2 unspecified atom stereocenters. The van der Waals surface area contributed by atoms with Crippen LogP contribution in [0.25, 0.3) is 21.8 Å². The normalized spacial score (nSPS) is 21.8. The maximum absolute atomic E-state index is 12.2. The Morgan fingerprint density at radius 3 is 1.55 bits per heavy atom. The number of hydrogen-bond donors (Lipinski definition) is 1. The zero-order valence-electron chi connectivity index (χ0n) is 27.6. The van der Waals surface area contributed by atoms with Crippen molar-refractivity contribution in [2.75, 3.05) is 60.0 Å².